The highest BCUT2D eigenvalue weighted by atomic mass is 79.9. The highest BCUT2D eigenvalue weighted by Gasteiger charge is 2.61. The van der Waals surface area contributed by atoms with Crippen molar-refractivity contribution >= 4 is 33.8 Å². The van der Waals surface area contributed by atoms with E-state index in [0.717, 1.165) is 0 Å². The Morgan fingerprint density at radius 3 is 2.56 bits per heavy atom. The summed E-state index contributed by atoms with van der Waals surface area (Å²) >= 11 is 3.22. The number of halogens is 1. The third-order valence-corrected chi connectivity index (χ3v) is 3.81. The molecule has 1 rings (SSSR count). The van der Waals surface area contributed by atoms with Gasteiger partial charge in [0, 0.05) is 18.7 Å². The van der Waals surface area contributed by atoms with Gasteiger partial charge in [-0.2, -0.15) is 0 Å². The van der Waals surface area contributed by atoms with Gasteiger partial charge in [-0.3, -0.25) is 4.79 Å². The molecule has 1 saturated heterocycles. The van der Waals surface area contributed by atoms with Crippen molar-refractivity contribution in [2.75, 3.05) is 11.9 Å². The molecule has 7 heteroatoms. The fraction of sp³-hybridized carbons (Fsp3) is 0.727. The molecule has 0 bridgehead atoms. The minimum Gasteiger partial charge on any atom is -0.464 e. The lowest BCUT2D eigenvalue weighted by molar-refractivity contribution is -0.162. The van der Waals surface area contributed by atoms with Crippen LogP contribution < -0.4 is 5.32 Å². The zero-order chi connectivity index (χ0) is 14.0. The van der Waals surface area contributed by atoms with Crippen LogP contribution in [0.5, 0.6) is 0 Å². The number of alkyl halides is 1. The first-order valence-electron chi connectivity index (χ1n) is 5.55. The molecule has 6 nitrogen and oxygen atoms in total. The molecule has 1 N–H and O–H groups in total. The van der Waals surface area contributed by atoms with Crippen LogP contribution in [0.4, 0.5) is 0 Å². The van der Waals surface area contributed by atoms with Crippen LogP contribution in [0.1, 0.15) is 27.2 Å². The molecule has 0 aromatic heterocycles. The molecule has 0 unspecified atom stereocenters. The molecule has 1 aliphatic heterocycles. The summed E-state index contributed by atoms with van der Waals surface area (Å²) in [5.41, 5.74) is -2.57. The van der Waals surface area contributed by atoms with Crippen molar-refractivity contribution in [2.24, 2.45) is 0 Å². The number of esters is 2. The Labute approximate surface area is 114 Å². The predicted octanol–water partition coefficient (Wildman–Crippen LogP) is 0.525. The molecule has 1 amide bonds. The Hall–Kier alpha value is -1.11. The van der Waals surface area contributed by atoms with E-state index < -0.39 is 29.0 Å². The number of cyclic esters (lactones) is 1. The third-order valence-electron chi connectivity index (χ3n) is 2.62. The SMILES string of the molecule is CCOC(=O)[C@@]1(NC(C)=O)C[C@](C)(CBr)OC1=O. The van der Waals surface area contributed by atoms with Crippen LogP contribution in [0.15, 0.2) is 0 Å². The van der Waals surface area contributed by atoms with Gasteiger partial charge in [-0.05, 0) is 13.8 Å². The highest BCUT2D eigenvalue weighted by Crippen LogP contribution is 2.36. The van der Waals surface area contributed by atoms with Crippen molar-refractivity contribution in [3.8, 4) is 0 Å². The zero-order valence-electron chi connectivity index (χ0n) is 10.5. The van der Waals surface area contributed by atoms with E-state index in [0.29, 0.717) is 5.33 Å². The molecular weight excluding hydrogens is 306 g/mol. The lowest BCUT2D eigenvalue weighted by Crippen LogP contribution is -2.58. The Morgan fingerprint density at radius 2 is 2.17 bits per heavy atom. The summed E-state index contributed by atoms with van der Waals surface area (Å²) in [4.78, 5) is 35.1. The predicted molar refractivity (Wildman–Crippen MR) is 66.1 cm³/mol. The lowest BCUT2D eigenvalue weighted by Gasteiger charge is -2.24. The first-order valence-corrected chi connectivity index (χ1v) is 6.67. The molecule has 0 saturated carbocycles. The lowest BCUT2D eigenvalue weighted by atomic mass is 9.89. The monoisotopic (exact) mass is 321 g/mol. The summed E-state index contributed by atoms with van der Waals surface area (Å²) in [6.07, 6.45) is 0.0441. The van der Waals surface area contributed by atoms with Gasteiger partial charge in [0.05, 0.1) is 6.61 Å². The fourth-order valence-electron chi connectivity index (χ4n) is 1.91. The Kier molecular flexibility index (Phi) is 4.37. The van der Waals surface area contributed by atoms with E-state index in [-0.39, 0.29) is 13.0 Å². The van der Waals surface area contributed by atoms with Crippen LogP contribution in [0.2, 0.25) is 0 Å². The smallest absolute Gasteiger partial charge is 0.344 e. The summed E-state index contributed by atoms with van der Waals surface area (Å²) in [5, 5.41) is 2.74. The summed E-state index contributed by atoms with van der Waals surface area (Å²) < 4.78 is 10.0. The van der Waals surface area contributed by atoms with E-state index in [4.69, 9.17) is 9.47 Å². The van der Waals surface area contributed by atoms with Gasteiger partial charge in [0.25, 0.3) is 0 Å². The second-order valence-electron chi connectivity index (χ2n) is 4.46. The van der Waals surface area contributed by atoms with Crippen LogP contribution in [0.3, 0.4) is 0 Å². The largest absolute Gasteiger partial charge is 0.464 e. The molecule has 0 radical (unpaired) electrons. The summed E-state index contributed by atoms with van der Waals surface area (Å²) in [6.45, 7) is 4.67. The Morgan fingerprint density at radius 1 is 1.56 bits per heavy atom. The maximum atomic E-state index is 12.0. The molecule has 0 aromatic carbocycles. The van der Waals surface area contributed by atoms with Gasteiger partial charge >= 0.3 is 11.9 Å². The van der Waals surface area contributed by atoms with Gasteiger partial charge in [-0.25, -0.2) is 9.59 Å². The number of nitrogens with one attached hydrogen (secondary N) is 1. The summed E-state index contributed by atoms with van der Waals surface area (Å²) in [6, 6.07) is 0. The molecule has 1 aliphatic rings. The standard InChI is InChI=1S/C11H16BrNO5/c1-4-17-8(15)11(13-7(2)14)5-10(3,6-12)18-9(11)16/h4-6H2,1-3H3,(H,13,14)/t10-,11+/m1/s1. The third kappa shape index (κ3) is 2.66. The molecule has 0 aromatic rings. The topological polar surface area (TPSA) is 81.7 Å². The van der Waals surface area contributed by atoms with E-state index in [1.165, 1.54) is 6.92 Å². The van der Waals surface area contributed by atoms with E-state index in [1.807, 2.05) is 0 Å². The minimum absolute atomic E-state index is 0.0441. The van der Waals surface area contributed by atoms with Crippen molar-refractivity contribution < 1.29 is 23.9 Å². The van der Waals surface area contributed by atoms with Gasteiger partial charge in [0.2, 0.25) is 11.4 Å². The van der Waals surface area contributed by atoms with Crippen LogP contribution in [-0.4, -0.2) is 40.9 Å². The average molecular weight is 322 g/mol. The van der Waals surface area contributed by atoms with Crippen LogP contribution in [0, 0.1) is 0 Å². The normalized spacial score (nSPS) is 30.8. The molecule has 2 atom stereocenters. The van der Waals surface area contributed by atoms with Crippen LogP contribution in [0.25, 0.3) is 0 Å². The second-order valence-corrected chi connectivity index (χ2v) is 5.02. The number of hydrogen-bond donors (Lipinski definition) is 1. The van der Waals surface area contributed by atoms with Crippen LogP contribution in [-0.2, 0) is 23.9 Å². The van der Waals surface area contributed by atoms with Gasteiger partial charge in [0.15, 0.2) is 0 Å². The van der Waals surface area contributed by atoms with E-state index in [1.54, 1.807) is 13.8 Å². The molecular formula is C11H16BrNO5. The molecule has 0 aliphatic carbocycles. The highest BCUT2D eigenvalue weighted by molar-refractivity contribution is 9.09. The van der Waals surface area contributed by atoms with Gasteiger partial charge in [-0.15, -0.1) is 0 Å². The molecule has 1 fully saturated rings. The van der Waals surface area contributed by atoms with E-state index in [9.17, 15) is 14.4 Å². The van der Waals surface area contributed by atoms with Crippen molar-refractivity contribution in [3.63, 3.8) is 0 Å². The average Bonchev–Trinajstić information content (AvgIpc) is 2.52. The first-order chi connectivity index (χ1) is 8.29. The Balaban J connectivity index is 3.10. The van der Waals surface area contributed by atoms with E-state index >= 15 is 0 Å². The van der Waals surface area contributed by atoms with Crippen LogP contribution >= 0.6 is 15.9 Å². The zero-order valence-corrected chi connectivity index (χ0v) is 12.1. The molecule has 18 heavy (non-hydrogen) atoms. The molecule has 102 valence electrons. The first kappa shape index (κ1) is 14.9. The van der Waals surface area contributed by atoms with Gasteiger partial charge in [-0.1, -0.05) is 15.9 Å². The summed E-state index contributed by atoms with van der Waals surface area (Å²) in [5.74, 6) is -2.05. The van der Waals surface area contributed by atoms with Crippen molar-refractivity contribution in [3.05, 3.63) is 0 Å². The Bertz CT molecular complexity index is 376. The molecule has 1 heterocycles. The summed E-state index contributed by atoms with van der Waals surface area (Å²) in [7, 11) is 0. The van der Waals surface area contributed by atoms with Gasteiger partial charge < -0.3 is 14.8 Å². The maximum absolute atomic E-state index is 12.0. The van der Waals surface area contributed by atoms with Crippen molar-refractivity contribution in [2.45, 2.75) is 38.3 Å². The quantitative estimate of drug-likeness (QED) is 0.464. The van der Waals surface area contributed by atoms with Gasteiger partial charge in [0.1, 0.15) is 5.60 Å². The number of carbonyl (C=O) groups is 3. The van der Waals surface area contributed by atoms with Crippen molar-refractivity contribution in [1.29, 1.82) is 0 Å². The number of carbonyl (C=O) groups excluding carboxylic acids is 3. The van der Waals surface area contributed by atoms with Crippen molar-refractivity contribution in [1.82, 2.24) is 5.32 Å². The maximum Gasteiger partial charge on any atom is 0.344 e. The van der Waals surface area contributed by atoms with E-state index in [2.05, 4.69) is 21.2 Å². The number of rotatable bonds is 4. The fourth-order valence-corrected chi connectivity index (χ4v) is 2.22. The molecule has 0 spiro atoms. The number of hydrogen-bond acceptors (Lipinski definition) is 5. The second kappa shape index (κ2) is 5.26. The number of ether oxygens (including phenoxy) is 2. The number of amides is 1. The minimum atomic E-state index is -1.73.